The molecule has 2 fully saturated rings. The molecule has 86 valence electrons. The van der Waals surface area contributed by atoms with Crippen LogP contribution in [0.2, 0.25) is 0 Å². The second kappa shape index (κ2) is 4.15. The van der Waals surface area contributed by atoms with E-state index >= 15 is 0 Å². The van der Waals surface area contributed by atoms with E-state index in [2.05, 4.69) is 13.8 Å². The Morgan fingerprint density at radius 3 is 2.07 bits per heavy atom. The summed E-state index contributed by atoms with van der Waals surface area (Å²) in [4.78, 5) is 11.0. The van der Waals surface area contributed by atoms with Crippen molar-refractivity contribution in [3.63, 3.8) is 0 Å². The molecule has 2 saturated carbocycles. The van der Waals surface area contributed by atoms with Crippen LogP contribution in [-0.4, -0.2) is 11.1 Å². The third-order valence-electron chi connectivity index (χ3n) is 4.47. The average Bonchev–Trinajstić information content (AvgIpc) is 1.97. The van der Waals surface area contributed by atoms with Crippen molar-refractivity contribution in [1.82, 2.24) is 0 Å². The summed E-state index contributed by atoms with van der Waals surface area (Å²) in [7, 11) is 0. The van der Waals surface area contributed by atoms with Gasteiger partial charge in [0.2, 0.25) is 0 Å². The monoisotopic (exact) mass is 210 g/mol. The Morgan fingerprint density at radius 2 is 1.67 bits per heavy atom. The van der Waals surface area contributed by atoms with Crippen LogP contribution in [0.5, 0.6) is 0 Å². The highest BCUT2D eigenvalue weighted by Gasteiger charge is 2.43. The number of aliphatic carboxylic acids is 1. The third kappa shape index (κ3) is 2.19. The molecular weight excluding hydrogens is 188 g/mol. The van der Waals surface area contributed by atoms with Crippen LogP contribution >= 0.6 is 0 Å². The topological polar surface area (TPSA) is 37.3 Å². The van der Waals surface area contributed by atoms with E-state index in [0.29, 0.717) is 11.8 Å². The third-order valence-corrected chi connectivity index (χ3v) is 4.47. The highest BCUT2D eigenvalue weighted by atomic mass is 16.4. The maximum absolute atomic E-state index is 11.0. The van der Waals surface area contributed by atoms with Crippen LogP contribution in [0, 0.1) is 29.6 Å². The van der Waals surface area contributed by atoms with E-state index in [-0.39, 0.29) is 5.92 Å². The summed E-state index contributed by atoms with van der Waals surface area (Å²) in [6.07, 6.45) is 5.93. The van der Waals surface area contributed by atoms with E-state index in [9.17, 15) is 4.79 Å². The SMILES string of the molecule is CC1CC(C)CC(C2CCC2C(=O)O)C1. The van der Waals surface area contributed by atoms with Gasteiger partial charge in [-0.05, 0) is 55.8 Å². The fraction of sp³-hybridized carbons (Fsp3) is 0.923. The first-order valence-corrected chi connectivity index (χ1v) is 6.30. The van der Waals surface area contributed by atoms with E-state index in [1.807, 2.05) is 0 Å². The molecule has 2 heteroatoms. The molecule has 0 aromatic heterocycles. The smallest absolute Gasteiger partial charge is 0.306 e. The minimum Gasteiger partial charge on any atom is -0.481 e. The lowest BCUT2D eigenvalue weighted by Crippen LogP contribution is -2.40. The van der Waals surface area contributed by atoms with Crippen LogP contribution in [-0.2, 0) is 4.79 Å². The summed E-state index contributed by atoms with van der Waals surface area (Å²) >= 11 is 0. The molecule has 2 rings (SSSR count). The van der Waals surface area contributed by atoms with Crippen LogP contribution in [0.4, 0.5) is 0 Å². The molecule has 0 amide bonds. The van der Waals surface area contributed by atoms with Gasteiger partial charge in [0.05, 0.1) is 5.92 Å². The molecule has 2 aliphatic carbocycles. The summed E-state index contributed by atoms with van der Waals surface area (Å²) in [5.74, 6) is 2.21. The Hall–Kier alpha value is -0.530. The average molecular weight is 210 g/mol. The maximum atomic E-state index is 11.0. The van der Waals surface area contributed by atoms with Crippen molar-refractivity contribution >= 4 is 5.97 Å². The minimum atomic E-state index is -0.558. The van der Waals surface area contributed by atoms with Crippen molar-refractivity contribution in [1.29, 1.82) is 0 Å². The van der Waals surface area contributed by atoms with Gasteiger partial charge in [-0.15, -0.1) is 0 Å². The van der Waals surface area contributed by atoms with Crippen LogP contribution < -0.4 is 0 Å². The van der Waals surface area contributed by atoms with E-state index < -0.39 is 5.97 Å². The molecule has 2 aliphatic rings. The Kier molecular flexibility index (Phi) is 3.03. The van der Waals surface area contributed by atoms with Gasteiger partial charge in [0.25, 0.3) is 0 Å². The molecule has 0 heterocycles. The van der Waals surface area contributed by atoms with Gasteiger partial charge in [0, 0.05) is 0 Å². The van der Waals surface area contributed by atoms with Crippen molar-refractivity contribution in [2.75, 3.05) is 0 Å². The van der Waals surface area contributed by atoms with Gasteiger partial charge in [0.15, 0.2) is 0 Å². The Morgan fingerprint density at radius 1 is 1.07 bits per heavy atom. The van der Waals surface area contributed by atoms with Crippen molar-refractivity contribution in [2.24, 2.45) is 29.6 Å². The first-order chi connectivity index (χ1) is 7.08. The molecule has 0 aromatic rings. The first kappa shape index (κ1) is 11.0. The predicted octanol–water partition coefficient (Wildman–Crippen LogP) is 3.17. The molecule has 0 spiro atoms. The molecular formula is C13H22O2. The maximum Gasteiger partial charge on any atom is 0.306 e. The quantitative estimate of drug-likeness (QED) is 0.760. The number of rotatable bonds is 2. The van der Waals surface area contributed by atoms with E-state index in [4.69, 9.17) is 5.11 Å². The second-order valence-electron chi connectivity index (χ2n) is 5.86. The molecule has 2 nitrogen and oxygen atoms in total. The van der Waals surface area contributed by atoms with Crippen LogP contribution in [0.25, 0.3) is 0 Å². The fourth-order valence-corrected chi connectivity index (χ4v) is 3.76. The first-order valence-electron chi connectivity index (χ1n) is 6.30. The van der Waals surface area contributed by atoms with Gasteiger partial charge in [-0.2, -0.15) is 0 Å². The number of hydrogen-bond donors (Lipinski definition) is 1. The van der Waals surface area contributed by atoms with Gasteiger partial charge >= 0.3 is 5.97 Å². The van der Waals surface area contributed by atoms with E-state index in [1.165, 1.54) is 19.3 Å². The molecule has 15 heavy (non-hydrogen) atoms. The highest BCUT2D eigenvalue weighted by Crippen LogP contribution is 2.47. The van der Waals surface area contributed by atoms with Gasteiger partial charge < -0.3 is 5.11 Å². The molecule has 0 aromatic carbocycles. The second-order valence-corrected chi connectivity index (χ2v) is 5.86. The molecule has 0 saturated heterocycles. The Balaban J connectivity index is 1.95. The summed E-state index contributed by atoms with van der Waals surface area (Å²) in [5.41, 5.74) is 0. The Labute approximate surface area is 92.1 Å². The van der Waals surface area contributed by atoms with Crippen LogP contribution in [0.1, 0.15) is 46.0 Å². The zero-order valence-electron chi connectivity index (χ0n) is 9.78. The molecule has 0 bridgehead atoms. The Bertz CT molecular complexity index is 239. The standard InChI is InChI=1S/C13H22O2/c1-8-5-9(2)7-10(6-8)11-3-4-12(11)13(14)15/h8-12H,3-7H2,1-2H3,(H,14,15). The number of carboxylic acids is 1. The fourth-order valence-electron chi connectivity index (χ4n) is 3.76. The lowest BCUT2D eigenvalue weighted by molar-refractivity contribution is -0.150. The summed E-state index contributed by atoms with van der Waals surface area (Å²) in [6, 6.07) is 0. The number of carboxylic acid groups (broad SMARTS) is 1. The van der Waals surface area contributed by atoms with Gasteiger partial charge in [-0.3, -0.25) is 4.79 Å². The van der Waals surface area contributed by atoms with Gasteiger partial charge in [0.1, 0.15) is 0 Å². The predicted molar refractivity (Wildman–Crippen MR) is 59.5 cm³/mol. The largest absolute Gasteiger partial charge is 0.481 e. The van der Waals surface area contributed by atoms with E-state index in [0.717, 1.165) is 24.7 Å². The molecule has 0 radical (unpaired) electrons. The zero-order chi connectivity index (χ0) is 11.0. The lowest BCUT2D eigenvalue weighted by Gasteiger charge is -2.44. The molecule has 4 unspecified atom stereocenters. The summed E-state index contributed by atoms with van der Waals surface area (Å²) in [5, 5.41) is 9.07. The van der Waals surface area contributed by atoms with Crippen molar-refractivity contribution < 1.29 is 9.90 Å². The lowest BCUT2D eigenvalue weighted by atomic mass is 9.60. The van der Waals surface area contributed by atoms with Crippen LogP contribution in [0.15, 0.2) is 0 Å². The van der Waals surface area contributed by atoms with Gasteiger partial charge in [-0.1, -0.05) is 13.8 Å². The summed E-state index contributed by atoms with van der Waals surface area (Å²) < 4.78 is 0. The molecule has 0 aliphatic heterocycles. The van der Waals surface area contributed by atoms with E-state index in [1.54, 1.807) is 0 Å². The zero-order valence-corrected chi connectivity index (χ0v) is 9.78. The highest BCUT2D eigenvalue weighted by molar-refractivity contribution is 5.71. The number of carbonyl (C=O) groups is 1. The van der Waals surface area contributed by atoms with Gasteiger partial charge in [-0.25, -0.2) is 0 Å². The number of hydrogen-bond acceptors (Lipinski definition) is 1. The minimum absolute atomic E-state index is 0.0208. The summed E-state index contributed by atoms with van der Waals surface area (Å²) in [6.45, 7) is 4.63. The van der Waals surface area contributed by atoms with Crippen LogP contribution in [0.3, 0.4) is 0 Å². The van der Waals surface area contributed by atoms with Crippen molar-refractivity contribution in [2.45, 2.75) is 46.0 Å². The molecule has 1 N–H and O–H groups in total. The van der Waals surface area contributed by atoms with Crippen molar-refractivity contribution in [3.8, 4) is 0 Å². The van der Waals surface area contributed by atoms with Crippen molar-refractivity contribution in [3.05, 3.63) is 0 Å². The normalized spacial score (nSPS) is 45.9. The molecule has 4 atom stereocenters.